The Morgan fingerprint density at radius 3 is 2.36 bits per heavy atom. The van der Waals surface area contributed by atoms with E-state index in [0.29, 0.717) is 19.4 Å². The number of amides is 2. The molecule has 5 heteroatoms. The van der Waals surface area contributed by atoms with Gasteiger partial charge in [0.15, 0.2) is 0 Å². The van der Waals surface area contributed by atoms with Crippen molar-refractivity contribution in [3.05, 3.63) is 58.7 Å². The van der Waals surface area contributed by atoms with E-state index in [1.807, 2.05) is 45.0 Å². The van der Waals surface area contributed by atoms with Crippen molar-refractivity contribution < 1.29 is 14.3 Å². The molecule has 1 aliphatic carbocycles. The normalized spacial score (nSPS) is 17.7. The fourth-order valence-electron chi connectivity index (χ4n) is 3.73. The van der Waals surface area contributed by atoms with Crippen LogP contribution in [0.25, 0.3) is 0 Å². The largest absolute Gasteiger partial charge is 0.496 e. The summed E-state index contributed by atoms with van der Waals surface area (Å²) in [5.74, 6) is 0.228. The maximum atomic E-state index is 12.6. The Kier molecular flexibility index (Phi) is 6.02. The summed E-state index contributed by atoms with van der Waals surface area (Å²) in [5, 5.41) is 5.96. The van der Waals surface area contributed by atoms with Crippen molar-refractivity contribution >= 4 is 17.5 Å². The second-order valence-electron chi connectivity index (χ2n) is 7.56. The number of hydrogen-bond donors (Lipinski definition) is 2. The molecule has 0 aliphatic heterocycles. The van der Waals surface area contributed by atoms with Crippen LogP contribution in [0.5, 0.6) is 5.75 Å². The number of anilines is 1. The average Bonchev–Trinajstić information content (AvgIpc) is 3.46. The summed E-state index contributed by atoms with van der Waals surface area (Å²) in [6.07, 6.45) is 1.30. The molecular formula is C23H28N2O3. The Morgan fingerprint density at radius 2 is 1.68 bits per heavy atom. The third kappa shape index (κ3) is 4.53. The quantitative estimate of drug-likeness (QED) is 0.772. The number of nitrogens with one attached hydrogen (secondary N) is 2. The molecule has 28 heavy (non-hydrogen) atoms. The summed E-state index contributed by atoms with van der Waals surface area (Å²) in [6.45, 7) is 6.55. The van der Waals surface area contributed by atoms with E-state index in [-0.39, 0.29) is 23.7 Å². The average molecular weight is 380 g/mol. The van der Waals surface area contributed by atoms with Crippen molar-refractivity contribution in [1.82, 2.24) is 5.32 Å². The first-order valence-electron chi connectivity index (χ1n) is 9.69. The van der Waals surface area contributed by atoms with E-state index in [0.717, 1.165) is 28.1 Å². The molecule has 0 saturated heterocycles. The molecule has 148 valence electrons. The Bertz CT molecular complexity index is 868. The second-order valence-corrected chi connectivity index (χ2v) is 7.56. The lowest BCUT2D eigenvalue weighted by Gasteiger charge is -2.13. The van der Waals surface area contributed by atoms with Crippen LogP contribution in [0.15, 0.2) is 36.4 Å². The number of hydrogen-bond acceptors (Lipinski definition) is 3. The van der Waals surface area contributed by atoms with Gasteiger partial charge in [-0.25, -0.2) is 0 Å². The highest BCUT2D eigenvalue weighted by Crippen LogP contribution is 2.40. The summed E-state index contributed by atoms with van der Waals surface area (Å²) in [5.41, 5.74) is 5.18. The van der Waals surface area contributed by atoms with E-state index in [2.05, 4.69) is 22.8 Å². The highest BCUT2D eigenvalue weighted by atomic mass is 16.5. The van der Waals surface area contributed by atoms with Gasteiger partial charge >= 0.3 is 0 Å². The van der Waals surface area contributed by atoms with Crippen molar-refractivity contribution in [3.8, 4) is 5.75 Å². The Hall–Kier alpha value is -2.82. The maximum Gasteiger partial charge on any atom is 0.228 e. The molecule has 0 radical (unpaired) electrons. The second kappa shape index (κ2) is 8.46. The number of aryl methyl sites for hydroxylation is 3. The smallest absolute Gasteiger partial charge is 0.228 e. The lowest BCUT2D eigenvalue weighted by atomic mass is 10.0. The third-order valence-corrected chi connectivity index (χ3v) is 5.28. The number of para-hydroxylation sites is 1. The van der Waals surface area contributed by atoms with Gasteiger partial charge in [0.1, 0.15) is 5.75 Å². The minimum Gasteiger partial charge on any atom is -0.496 e. The Balaban J connectivity index is 1.49. The van der Waals surface area contributed by atoms with Gasteiger partial charge in [-0.05, 0) is 56.4 Å². The van der Waals surface area contributed by atoms with Crippen LogP contribution in [0.3, 0.4) is 0 Å². The van der Waals surface area contributed by atoms with Gasteiger partial charge in [-0.3, -0.25) is 9.59 Å². The molecule has 2 aromatic rings. The monoisotopic (exact) mass is 380 g/mol. The van der Waals surface area contributed by atoms with E-state index in [1.54, 1.807) is 7.11 Å². The summed E-state index contributed by atoms with van der Waals surface area (Å²) < 4.78 is 5.33. The molecular weight excluding hydrogens is 352 g/mol. The van der Waals surface area contributed by atoms with E-state index in [9.17, 15) is 9.59 Å². The first-order chi connectivity index (χ1) is 13.4. The van der Waals surface area contributed by atoms with E-state index < -0.39 is 0 Å². The number of methoxy groups -OCH3 is 1. The lowest BCUT2D eigenvalue weighted by molar-refractivity contribution is -0.125. The number of rotatable bonds is 7. The molecule has 3 rings (SSSR count). The molecule has 1 saturated carbocycles. The molecule has 2 N–H and O–H groups in total. The number of carbonyl (C=O) groups excluding carboxylic acids is 2. The van der Waals surface area contributed by atoms with Crippen molar-refractivity contribution in [1.29, 1.82) is 0 Å². The van der Waals surface area contributed by atoms with E-state index in [4.69, 9.17) is 4.74 Å². The van der Waals surface area contributed by atoms with Crippen LogP contribution in [0.1, 0.15) is 28.7 Å². The zero-order valence-electron chi connectivity index (χ0n) is 17.0. The van der Waals surface area contributed by atoms with Crippen molar-refractivity contribution in [2.75, 3.05) is 19.0 Å². The predicted molar refractivity (Wildman–Crippen MR) is 111 cm³/mol. The highest BCUT2D eigenvalue weighted by Gasteiger charge is 2.48. The van der Waals surface area contributed by atoms with Crippen LogP contribution in [0.2, 0.25) is 0 Å². The van der Waals surface area contributed by atoms with Gasteiger partial charge in [0.05, 0.1) is 18.9 Å². The van der Waals surface area contributed by atoms with Crippen molar-refractivity contribution in [3.63, 3.8) is 0 Å². The molecule has 2 unspecified atom stereocenters. The van der Waals surface area contributed by atoms with Gasteiger partial charge in [-0.1, -0.05) is 35.9 Å². The standard InChI is InChI=1S/C23H28N2O3/c1-14-11-15(2)21(16(3)12-14)25-23(27)19-13-18(19)22(26)24-10-9-17-7-5-6-8-20(17)28-4/h5-8,11-12,18-19H,9-10,13H2,1-4H3,(H,24,26)(H,25,27). The molecule has 0 heterocycles. The SMILES string of the molecule is COc1ccccc1CCNC(=O)C1CC1C(=O)Nc1c(C)cc(C)cc1C. The molecule has 1 aliphatic rings. The van der Waals surface area contributed by atoms with Crippen LogP contribution in [0.4, 0.5) is 5.69 Å². The molecule has 1 fully saturated rings. The number of carbonyl (C=O) groups is 2. The van der Waals surface area contributed by atoms with Crippen LogP contribution in [0, 0.1) is 32.6 Å². The van der Waals surface area contributed by atoms with Gasteiger partial charge in [0, 0.05) is 12.2 Å². The van der Waals surface area contributed by atoms with Gasteiger partial charge in [0.2, 0.25) is 11.8 Å². The summed E-state index contributed by atoms with van der Waals surface area (Å²) in [4.78, 5) is 24.9. The Morgan fingerprint density at radius 1 is 1.04 bits per heavy atom. The zero-order chi connectivity index (χ0) is 20.3. The summed E-state index contributed by atoms with van der Waals surface area (Å²) >= 11 is 0. The van der Waals surface area contributed by atoms with Gasteiger partial charge in [-0.15, -0.1) is 0 Å². The van der Waals surface area contributed by atoms with Gasteiger partial charge < -0.3 is 15.4 Å². The highest BCUT2D eigenvalue weighted by molar-refractivity contribution is 6.00. The minimum atomic E-state index is -0.244. The first-order valence-corrected chi connectivity index (χ1v) is 9.69. The minimum absolute atomic E-state index is 0.0487. The van der Waals surface area contributed by atoms with E-state index in [1.165, 1.54) is 5.56 Å². The number of ether oxygens (including phenoxy) is 1. The number of benzene rings is 2. The molecule has 0 spiro atoms. The van der Waals surface area contributed by atoms with Gasteiger partial charge in [0.25, 0.3) is 0 Å². The van der Waals surface area contributed by atoms with E-state index >= 15 is 0 Å². The van der Waals surface area contributed by atoms with Gasteiger partial charge in [-0.2, -0.15) is 0 Å². The lowest BCUT2D eigenvalue weighted by Crippen LogP contribution is -2.29. The molecule has 2 aromatic carbocycles. The van der Waals surface area contributed by atoms with Crippen LogP contribution in [-0.2, 0) is 16.0 Å². The van der Waals surface area contributed by atoms with Crippen molar-refractivity contribution in [2.45, 2.75) is 33.6 Å². The zero-order valence-corrected chi connectivity index (χ0v) is 17.0. The molecule has 2 amide bonds. The first kappa shape index (κ1) is 19.9. The maximum absolute atomic E-state index is 12.6. The fourth-order valence-corrected chi connectivity index (χ4v) is 3.73. The molecule has 2 atom stereocenters. The van der Waals surface area contributed by atoms with Crippen LogP contribution < -0.4 is 15.4 Å². The summed E-state index contributed by atoms with van der Waals surface area (Å²) in [6, 6.07) is 11.9. The predicted octanol–water partition coefficient (Wildman–Crippen LogP) is 3.55. The van der Waals surface area contributed by atoms with Crippen molar-refractivity contribution in [2.24, 2.45) is 11.8 Å². The van der Waals surface area contributed by atoms with Crippen LogP contribution >= 0.6 is 0 Å². The molecule has 0 bridgehead atoms. The topological polar surface area (TPSA) is 67.4 Å². The third-order valence-electron chi connectivity index (χ3n) is 5.28. The Labute approximate surface area is 166 Å². The summed E-state index contributed by atoms with van der Waals surface area (Å²) in [7, 11) is 1.64. The molecule has 5 nitrogen and oxygen atoms in total. The fraction of sp³-hybridized carbons (Fsp3) is 0.391. The van der Waals surface area contributed by atoms with Crippen LogP contribution in [-0.4, -0.2) is 25.5 Å². The molecule has 0 aromatic heterocycles.